The molecule has 0 spiro atoms. The van der Waals surface area contributed by atoms with Crippen LogP contribution in [0.3, 0.4) is 0 Å². The monoisotopic (exact) mass is 351 g/mol. The number of rotatable bonds is 7. The second kappa shape index (κ2) is 8.57. The summed E-state index contributed by atoms with van der Waals surface area (Å²) >= 11 is 0. The van der Waals surface area contributed by atoms with E-state index in [-0.39, 0.29) is 17.9 Å². The zero-order chi connectivity index (χ0) is 18.2. The second-order valence-electron chi connectivity index (χ2n) is 4.72. The van der Waals surface area contributed by atoms with Crippen LogP contribution in [0.1, 0.15) is 10.4 Å². The largest absolute Gasteiger partial charge is 0.481 e. The Hall–Kier alpha value is -3.23. The van der Waals surface area contributed by atoms with Crippen LogP contribution < -0.4 is 20.1 Å². The smallest absolute Gasteiger partial charge is 0.387 e. The van der Waals surface area contributed by atoms with E-state index in [2.05, 4.69) is 20.4 Å². The number of hydrogen-bond donors (Lipinski definition) is 2. The Kier molecular flexibility index (Phi) is 6.21. The topological polar surface area (TPSA) is 89.6 Å². The van der Waals surface area contributed by atoms with E-state index in [0.29, 0.717) is 11.6 Å². The molecule has 0 saturated carbocycles. The molecular weight excluding hydrogens is 336 g/mol. The van der Waals surface area contributed by atoms with Gasteiger partial charge >= 0.3 is 6.61 Å². The molecule has 0 bridgehead atoms. The average molecular weight is 351 g/mol. The molecule has 0 unspecified atom stereocenters. The lowest BCUT2D eigenvalue weighted by Crippen LogP contribution is -2.32. The third-order valence-corrected chi connectivity index (χ3v) is 2.98. The van der Waals surface area contributed by atoms with Crippen LogP contribution >= 0.6 is 0 Å². The Morgan fingerprint density at radius 1 is 1.16 bits per heavy atom. The molecule has 9 heteroatoms. The summed E-state index contributed by atoms with van der Waals surface area (Å²) in [4.78, 5) is 27.6. The first-order chi connectivity index (χ1) is 12.0. The molecule has 2 rings (SSSR count). The van der Waals surface area contributed by atoms with Gasteiger partial charge in [0, 0.05) is 11.6 Å². The van der Waals surface area contributed by atoms with Crippen molar-refractivity contribution < 1.29 is 27.8 Å². The first kappa shape index (κ1) is 18.1. The van der Waals surface area contributed by atoms with Crippen molar-refractivity contribution in [3.05, 3.63) is 48.2 Å². The number of methoxy groups -OCH3 is 1. The maximum Gasteiger partial charge on any atom is 0.387 e. The first-order valence-corrected chi connectivity index (χ1v) is 7.11. The van der Waals surface area contributed by atoms with E-state index in [1.807, 2.05) is 0 Å². The number of nitrogens with zero attached hydrogens (tertiary/aromatic N) is 1. The number of carbonyl (C=O) groups is 2. The van der Waals surface area contributed by atoms with Gasteiger partial charge in [0.2, 0.25) is 11.8 Å². The van der Waals surface area contributed by atoms with Gasteiger partial charge in [-0.25, -0.2) is 4.98 Å². The van der Waals surface area contributed by atoms with Gasteiger partial charge in [-0.2, -0.15) is 8.78 Å². The summed E-state index contributed by atoms with van der Waals surface area (Å²) < 4.78 is 33.2. The molecule has 0 aliphatic rings. The van der Waals surface area contributed by atoms with Crippen molar-refractivity contribution in [1.29, 1.82) is 0 Å². The fraction of sp³-hybridized carbons (Fsp3) is 0.188. The number of benzene rings is 1. The van der Waals surface area contributed by atoms with Gasteiger partial charge in [0.05, 0.1) is 25.5 Å². The molecule has 7 nitrogen and oxygen atoms in total. The lowest BCUT2D eigenvalue weighted by molar-refractivity contribution is -0.115. The maximum absolute atomic E-state index is 12.1. The van der Waals surface area contributed by atoms with Gasteiger partial charge in [0.15, 0.2) is 0 Å². The summed E-state index contributed by atoms with van der Waals surface area (Å²) in [6, 6.07) is 8.30. The van der Waals surface area contributed by atoms with Crippen LogP contribution in [0.25, 0.3) is 0 Å². The van der Waals surface area contributed by atoms with E-state index in [0.717, 1.165) is 0 Å². The maximum atomic E-state index is 12.1. The average Bonchev–Trinajstić information content (AvgIpc) is 2.60. The molecule has 0 radical (unpaired) electrons. The van der Waals surface area contributed by atoms with Gasteiger partial charge in [-0.05, 0) is 30.3 Å². The number of pyridine rings is 1. The van der Waals surface area contributed by atoms with Crippen molar-refractivity contribution in [3.63, 3.8) is 0 Å². The minimum atomic E-state index is -2.93. The van der Waals surface area contributed by atoms with E-state index in [4.69, 9.17) is 4.74 Å². The van der Waals surface area contributed by atoms with Crippen molar-refractivity contribution in [1.82, 2.24) is 10.3 Å². The normalized spacial score (nSPS) is 10.2. The highest BCUT2D eigenvalue weighted by atomic mass is 19.3. The predicted octanol–water partition coefficient (Wildman–Crippen LogP) is 2.06. The number of nitrogens with one attached hydrogen (secondary N) is 2. The zero-order valence-corrected chi connectivity index (χ0v) is 13.2. The SMILES string of the molecule is COc1ccc(NC(=O)CNC(=O)c2ccc(OC(F)F)cc2)cn1. The quantitative estimate of drug-likeness (QED) is 0.797. The van der Waals surface area contributed by atoms with Crippen molar-refractivity contribution in [2.24, 2.45) is 0 Å². The number of halogens is 2. The standard InChI is InChI=1S/C16H15F2N3O4/c1-24-14-7-4-11(8-19-14)21-13(22)9-20-15(23)10-2-5-12(6-3-10)25-16(17)18/h2-8,16H,9H2,1H3,(H,20,23)(H,21,22). The van der Waals surface area contributed by atoms with Gasteiger partial charge in [-0.15, -0.1) is 0 Å². The molecule has 0 saturated heterocycles. The lowest BCUT2D eigenvalue weighted by Gasteiger charge is -2.08. The molecule has 1 aromatic heterocycles. The molecule has 25 heavy (non-hydrogen) atoms. The highest BCUT2D eigenvalue weighted by molar-refractivity contribution is 5.99. The summed E-state index contributed by atoms with van der Waals surface area (Å²) in [5.74, 6) is -0.619. The van der Waals surface area contributed by atoms with E-state index in [1.54, 1.807) is 12.1 Å². The van der Waals surface area contributed by atoms with Crippen LogP contribution in [-0.2, 0) is 4.79 Å². The molecule has 0 aliphatic heterocycles. The van der Waals surface area contributed by atoms with Crippen LogP contribution in [0.2, 0.25) is 0 Å². The van der Waals surface area contributed by atoms with Crippen LogP contribution in [-0.4, -0.2) is 37.1 Å². The van der Waals surface area contributed by atoms with Crippen molar-refractivity contribution in [2.75, 3.05) is 19.0 Å². The van der Waals surface area contributed by atoms with E-state index in [1.165, 1.54) is 37.6 Å². The molecule has 1 aromatic carbocycles. The number of carbonyl (C=O) groups excluding carboxylic acids is 2. The Morgan fingerprint density at radius 3 is 2.44 bits per heavy atom. The molecule has 0 fully saturated rings. The third-order valence-electron chi connectivity index (χ3n) is 2.98. The predicted molar refractivity (Wildman–Crippen MR) is 84.8 cm³/mol. The summed E-state index contributed by atoms with van der Waals surface area (Å²) in [6.45, 7) is -3.20. The molecule has 132 valence electrons. The number of ether oxygens (including phenoxy) is 2. The number of amides is 2. The van der Waals surface area contributed by atoms with Gasteiger partial charge in [-0.1, -0.05) is 0 Å². The van der Waals surface area contributed by atoms with Crippen molar-refractivity contribution in [2.45, 2.75) is 6.61 Å². The Bertz CT molecular complexity index is 721. The van der Waals surface area contributed by atoms with Gasteiger partial charge in [-0.3, -0.25) is 9.59 Å². The van der Waals surface area contributed by atoms with Crippen LogP contribution in [0, 0.1) is 0 Å². The molecule has 0 atom stereocenters. The lowest BCUT2D eigenvalue weighted by atomic mass is 10.2. The van der Waals surface area contributed by atoms with E-state index in [9.17, 15) is 18.4 Å². The highest BCUT2D eigenvalue weighted by Crippen LogP contribution is 2.15. The van der Waals surface area contributed by atoms with Gasteiger partial charge in [0.25, 0.3) is 5.91 Å². The number of aromatic nitrogens is 1. The van der Waals surface area contributed by atoms with Crippen molar-refractivity contribution >= 4 is 17.5 Å². The summed E-state index contributed by atoms with van der Waals surface area (Å²) in [7, 11) is 1.47. The highest BCUT2D eigenvalue weighted by Gasteiger charge is 2.10. The number of anilines is 1. The Labute approximate surface area is 142 Å². The molecule has 1 heterocycles. The molecular formula is C16H15F2N3O4. The van der Waals surface area contributed by atoms with Gasteiger partial charge in [0.1, 0.15) is 5.75 Å². The molecule has 0 aliphatic carbocycles. The number of hydrogen-bond acceptors (Lipinski definition) is 5. The summed E-state index contributed by atoms with van der Waals surface area (Å²) in [5, 5.41) is 4.97. The van der Waals surface area contributed by atoms with Crippen LogP contribution in [0.4, 0.5) is 14.5 Å². The minimum Gasteiger partial charge on any atom is -0.481 e. The van der Waals surface area contributed by atoms with E-state index < -0.39 is 18.4 Å². The Balaban J connectivity index is 1.83. The fourth-order valence-corrected chi connectivity index (χ4v) is 1.83. The van der Waals surface area contributed by atoms with Crippen LogP contribution in [0.15, 0.2) is 42.6 Å². The first-order valence-electron chi connectivity index (χ1n) is 7.11. The Morgan fingerprint density at radius 2 is 1.88 bits per heavy atom. The van der Waals surface area contributed by atoms with Crippen molar-refractivity contribution in [3.8, 4) is 11.6 Å². The fourth-order valence-electron chi connectivity index (χ4n) is 1.83. The second-order valence-corrected chi connectivity index (χ2v) is 4.72. The third kappa shape index (κ3) is 5.72. The summed E-state index contributed by atoms with van der Waals surface area (Å²) in [5.41, 5.74) is 0.661. The summed E-state index contributed by atoms with van der Waals surface area (Å²) in [6.07, 6.45) is 1.42. The molecule has 2 aromatic rings. The zero-order valence-electron chi connectivity index (χ0n) is 13.2. The number of alkyl halides is 2. The minimum absolute atomic E-state index is 0.0590. The molecule has 2 N–H and O–H groups in total. The van der Waals surface area contributed by atoms with E-state index >= 15 is 0 Å². The molecule has 2 amide bonds. The van der Waals surface area contributed by atoms with Gasteiger partial charge < -0.3 is 20.1 Å². The van der Waals surface area contributed by atoms with Crippen LogP contribution in [0.5, 0.6) is 11.6 Å².